The van der Waals surface area contributed by atoms with Crippen molar-refractivity contribution in [2.24, 2.45) is 0 Å². The standard InChI is InChI=1S/C17H26O4/c1-3-5-6-7-8-13-9-11-14(12-10-13)15(18)16(19)17(20)21-4-2/h9-12,15-16,18-19H,3-8H2,1-2H3. The maximum atomic E-state index is 11.4. The second-order valence-electron chi connectivity index (χ2n) is 5.19. The Balaban J connectivity index is 2.54. The lowest BCUT2D eigenvalue weighted by atomic mass is 10.0. The molecule has 1 rings (SSSR count). The number of aliphatic hydroxyl groups is 2. The Labute approximate surface area is 126 Å². The van der Waals surface area contributed by atoms with Crippen molar-refractivity contribution in [2.45, 2.75) is 58.2 Å². The van der Waals surface area contributed by atoms with Gasteiger partial charge in [0.05, 0.1) is 6.61 Å². The molecule has 0 saturated heterocycles. The molecule has 0 bridgehead atoms. The molecule has 2 atom stereocenters. The van der Waals surface area contributed by atoms with E-state index in [2.05, 4.69) is 6.92 Å². The SMILES string of the molecule is CCCCCCc1ccc(C(O)C(O)C(=O)OCC)cc1. The molecule has 118 valence electrons. The molecule has 0 saturated carbocycles. The minimum absolute atomic E-state index is 0.180. The van der Waals surface area contributed by atoms with E-state index in [1.165, 1.54) is 24.8 Å². The lowest BCUT2D eigenvalue weighted by Crippen LogP contribution is -2.29. The number of aryl methyl sites for hydroxylation is 1. The van der Waals surface area contributed by atoms with E-state index in [0.717, 1.165) is 12.8 Å². The number of hydrogen-bond acceptors (Lipinski definition) is 4. The first-order valence-electron chi connectivity index (χ1n) is 7.71. The zero-order chi connectivity index (χ0) is 15.7. The van der Waals surface area contributed by atoms with Crippen LogP contribution in [0.1, 0.15) is 56.8 Å². The monoisotopic (exact) mass is 294 g/mol. The molecule has 0 aromatic heterocycles. The minimum Gasteiger partial charge on any atom is -0.464 e. The van der Waals surface area contributed by atoms with Gasteiger partial charge in [0.2, 0.25) is 0 Å². The van der Waals surface area contributed by atoms with Crippen LogP contribution in [-0.2, 0) is 16.0 Å². The van der Waals surface area contributed by atoms with Gasteiger partial charge in [-0.05, 0) is 30.9 Å². The van der Waals surface area contributed by atoms with Crippen molar-refractivity contribution in [1.82, 2.24) is 0 Å². The van der Waals surface area contributed by atoms with Gasteiger partial charge >= 0.3 is 5.97 Å². The number of aliphatic hydroxyl groups excluding tert-OH is 2. The Kier molecular flexibility index (Phi) is 8.01. The zero-order valence-corrected chi connectivity index (χ0v) is 12.9. The highest BCUT2D eigenvalue weighted by Crippen LogP contribution is 2.19. The molecule has 4 nitrogen and oxygen atoms in total. The predicted octanol–water partition coefficient (Wildman–Crippen LogP) is 2.77. The van der Waals surface area contributed by atoms with Crippen molar-refractivity contribution in [2.75, 3.05) is 6.61 Å². The highest BCUT2D eigenvalue weighted by molar-refractivity contribution is 5.75. The van der Waals surface area contributed by atoms with Crippen molar-refractivity contribution in [3.05, 3.63) is 35.4 Å². The maximum absolute atomic E-state index is 11.4. The molecule has 0 radical (unpaired) electrons. The first-order valence-corrected chi connectivity index (χ1v) is 7.71. The van der Waals surface area contributed by atoms with Crippen molar-refractivity contribution < 1.29 is 19.7 Å². The number of hydrogen-bond donors (Lipinski definition) is 2. The van der Waals surface area contributed by atoms with Gasteiger partial charge < -0.3 is 14.9 Å². The van der Waals surface area contributed by atoms with E-state index in [1.54, 1.807) is 19.1 Å². The van der Waals surface area contributed by atoms with Gasteiger partial charge in [0.1, 0.15) is 6.10 Å². The van der Waals surface area contributed by atoms with Gasteiger partial charge in [-0.25, -0.2) is 4.79 Å². The second kappa shape index (κ2) is 9.53. The van der Waals surface area contributed by atoms with Gasteiger partial charge in [-0.15, -0.1) is 0 Å². The van der Waals surface area contributed by atoms with Crippen LogP contribution in [0.4, 0.5) is 0 Å². The summed E-state index contributed by atoms with van der Waals surface area (Å²) in [6, 6.07) is 7.37. The molecule has 21 heavy (non-hydrogen) atoms. The summed E-state index contributed by atoms with van der Waals surface area (Å²) in [6.45, 7) is 4.02. The lowest BCUT2D eigenvalue weighted by Gasteiger charge is -2.17. The van der Waals surface area contributed by atoms with E-state index in [1.807, 2.05) is 12.1 Å². The number of esters is 1. The Bertz CT molecular complexity index is 413. The van der Waals surface area contributed by atoms with E-state index in [0.29, 0.717) is 5.56 Å². The number of carbonyl (C=O) groups is 1. The Morgan fingerprint density at radius 3 is 2.33 bits per heavy atom. The molecule has 1 aromatic carbocycles. The molecular formula is C17H26O4. The van der Waals surface area contributed by atoms with Crippen molar-refractivity contribution in [3.63, 3.8) is 0 Å². The van der Waals surface area contributed by atoms with E-state index >= 15 is 0 Å². The summed E-state index contributed by atoms with van der Waals surface area (Å²) in [5, 5.41) is 19.7. The average Bonchev–Trinajstić information content (AvgIpc) is 2.51. The van der Waals surface area contributed by atoms with E-state index in [4.69, 9.17) is 4.74 Å². The molecule has 2 N–H and O–H groups in total. The Morgan fingerprint density at radius 1 is 1.10 bits per heavy atom. The third-order valence-corrected chi connectivity index (χ3v) is 3.47. The summed E-state index contributed by atoms with van der Waals surface area (Å²) in [7, 11) is 0. The lowest BCUT2D eigenvalue weighted by molar-refractivity contribution is -0.159. The summed E-state index contributed by atoms with van der Waals surface area (Å²) in [4.78, 5) is 11.4. The molecule has 0 aliphatic rings. The summed E-state index contributed by atoms with van der Waals surface area (Å²) in [5.74, 6) is -0.798. The highest BCUT2D eigenvalue weighted by atomic mass is 16.5. The number of rotatable bonds is 9. The van der Waals surface area contributed by atoms with E-state index in [9.17, 15) is 15.0 Å². The quantitative estimate of drug-likeness (QED) is 0.543. The molecular weight excluding hydrogens is 268 g/mol. The summed E-state index contributed by atoms with van der Waals surface area (Å²) in [5.41, 5.74) is 1.72. The van der Waals surface area contributed by atoms with E-state index in [-0.39, 0.29) is 6.61 Å². The molecule has 0 heterocycles. The fourth-order valence-corrected chi connectivity index (χ4v) is 2.18. The van der Waals surface area contributed by atoms with Gasteiger partial charge in [0.25, 0.3) is 0 Å². The number of carbonyl (C=O) groups excluding carboxylic acids is 1. The highest BCUT2D eigenvalue weighted by Gasteiger charge is 2.26. The number of unbranched alkanes of at least 4 members (excludes halogenated alkanes) is 3. The van der Waals surface area contributed by atoms with Crippen LogP contribution in [0.2, 0.25) is 0 Å². The Hall–Kier alpha value is -1.39. The van der Waals surface area contributed by atoms with Crippen LogP contribution >= 0.6 is 0 Å². The average molecular weight is 294 g/mol. The molecule has 4 heteroatoms. The van der Waals surface area contributed by atoms with E-state index < -0.39 is 18.2 Å². The number of ether oxygens (including phenoxy) is 1. The molecule has 0 aliphatic heterocycles. The van der Waals surface area contributed by atoms with Crippen molar-refractivity contribution in [1.29, 1.82) is 0 Å². The Morgan fingerprint density at radius 2 is 1.76 bits per heavy atom. The summed E-state index contributed by atoms with van der Waals surface area (Å²) < 4.78 is 4.70. The van der Waals surface area contributed by atoms with Crippen LogP contribution in [0.5, 0.6) is 0 Å². The molecule has 1 aromatic rings. The van der Waals surface area contributed by atoms with Gasteiger partial charge in [-0.3, -0.25) is 0 Å². The van der Waals surface area contributed by atoms with Crippen LogP contribution in [0, 0.1) is 0 Å². The molecule has 2 unspecified atom stereocenters. The van der Waals surface area contributed by atoms with Gasteiger partial charge in [0, 0.05) is 0 Å². The first-order chi connectivity index (χ1) is 10.1. The topological polar surface area (TPSA) is 66.8 Å². The van der Waals surface area contributed by atoms with Crippen LogP contribution in [0.3, 0.4) is 0 Å². The zero-order valence-electron chi connectivity index (χ0n) is 12.9. The van der Waals surface area contributed by atoms with Crippen LogP contribution in [-0.4, -0.2) is 28.9 Å². The largest absolute Gasteiger partial charge is 0.464 e. The van der Waals surface area contributed by atoms with Gasteiger partial charge in [-0.2, -0.15) is 0 Å². The fourth-order valence-electron chi connectivity index (χ4n) is 2.18. The fraction of sp³-hybridized carbons (Fsp3) is 0.588. The maximum Gasteiger partial charge on any atom is 0.338 e. The van der Waals surface area contributed by atoms with Crippen LogP contribution < -0.4 is 0 Å². The first kappa shape index (κ1) is 17.7. The molecule has 0 fully saturated rings. The minimum atomic E-state index is -1.54. The smallest absolute Gasteiger partial charge is 0.338 e. The third-order valence-electron chi connectivity index (χ3n) is 3.47. The van der Waals surface area contributed by atoms with Gasteiger partial charge in [-0.1, -0.05) is 50.5 Å². The van der Waals surface area contributed by atoms with Crippen molar-refractivity contribution >= 4 is 5.97 Å². The third kappa shape index (κ3) is 5.86. The molecule has 0 amide bonds. The van der Waals surface area contributed by atoms with Crippen molar-refractivity contribution in [3.8, 4) is 0 Å². The molecule has 0 aliphatic carbocycles. The summed E-state index contributed by atoms with van der Waals surface area (Å²) in [6.07, 6.45) is 3.07. The van der Waals surface area contributed by atoms with Crippen LogP contribution in [0.15, 0.2) is 24.3 Å². The summed E-state index contributed by atoms with van der Waals surface area (Å²) >= 11 is 0. The predicted molar refractivity (Wildman–Crippen MR) is 81.9 cm³/mol. The van der Waals surface area contributed by atoms with Crippen LogP contribution in [0.25, 0.3) is 0 Å². The normalized spacial score (nSPS) is 13.7. The second-order valence-corrected chi connectivity index (χ2v) is 5.19. The number of benzene rings is 1. The van der Waals surface area contributed by atoms with Gasteiger partial charge in [0.15, 0.2) is 6.10 Å². The molecule has 0 spiro atoms.